The lowest BCUT2D eigenvalue weighted by molar-refractivity contribution is 0.102. The Balaban J connectivity index is 1.37. The van der Waals surface area contributed by atoms with E-state index in [1.807, 2.05) is 38.5 Å². The summed E-state index contributed by atoms with van der Waals surface area (Å²) in [5.74, 6) is -0.0335. The van der Waals surface area contributed by atoms with Crippen molar-refractivity contribution in [3.8, 4) is 11.1 Å². The first-order chi connectivity index (χ1) is 16.8. The SMILES string of the molecule is CN1CCN(S(=O)(=O)c2cccc(C(=O)Nc3cc4cc(-c5cnn(C)c5)ccc4cn3)c2)CC1. The molecule has 1 aliphatic heterocycles. The van der Waals surface area contributed by atoms with E-state index >= 15 is 0 Å². The van der Waals surface area contributed by atoms with Crippen LogP contribution in [0.25, 0.3) is 21.9 Å². The standard InChI is InChI=1S/C25H26N6O3S/c1-29-8-10-31(11-9-29)35(33,34)23-5-3-4-19(13-23)25(32)28-24-14-21-12-18(6-7-20(21)15-26-24)22-16-27-30(2)17-22/h3-7,12-17H,8-11H2,1-2H3,(H,26,28,32). The van der Waals surface area contributed by atoms with E-state index in [0.717, 1.165) is 21.9 Å². The first kappa shape index (κ1) is 23.2. The van der Waals surface area contributed by atoms with Crippen molar-refractivity contribution in [3.05, 3.63) is 72.7 Å². The Morgan fingerprint density at radius 2 is 1.71 bits per heavy atom. The molecule has 9 nitrogen and oxygen atoms in total. The summed E-state index contributed by atoms with van der Waals surface area (Å²) in [7, 11) is 0.168. The average molecular weight is 491 g/mol. The lowest BCUT2D eigenvalue weighted by Gasteiger charge is -2.31. The van der Waals surface area contributed by atoms with Gasteiger partial charge in [-0.15, -0.1) is 0 Å². The summed E-state index contributed by atoms with van der Waals surface area (Å²) < 4.78 is 29.4. The third kappa shape index (κ3) is 4.81. The minimum absolute atomic E-state index is 0.113. The van der Waals surface area contributed by atoms with Gasteiger partial charge in [-0.05, 0) is 48.3 Å². The molecule has 0 radical (unpaired) electrons. The minimum atomic E-state index is -3.67. The smallest absolute Gasteiger partial charge is 0.256 e. The molecule has 0 bridgehead atoms. The van der Waals surface area contributed by atoms with Crippen LogP contribution in [-0.2, 0) is 17.1 Å². The number of sulfonamides is 1. The number of nitrogens with one attached hydrogen (secondary N) is 1. The molecule has 2 aromatic heterocycles. The maximum absolute atomic E-state index is 13.1. The van der Waals surface area contributed by atoms with Gasteiger partial charge < -0.3 is 10.2 Å². The van der Waals surface area contributed by atoms with Gasteiger partial charge >= 0.3 is 0 Å². The normalized spacial score (nSPS) is 15.4. The fourth-order valence-corrected chi connectivity index (χ4v) is 5.59. The number of amides is 1. The van der Waals surface area contributed by atoms with E-state index in [9.17, 15) is 13.2 Å². The Kier molecular flexibility index (Phi) is 6.10. The van der Waals surface area contributed by atoms with Crippen LogP contribution >= 0.6 is 0 Å². The van der Waals surface area contributed by atoms with Crippen LogP contribution < -0.4 is 5.32 Å². The summed E-state index contributed by atoms with van der Waals surface area (Å²) in [6.45, 7) is 2.21. The first-order valence-corrected chi connectivity index (χ1v) is 12.7. The second kappa shape index (κ2) is 9.21. The molecule has 10 heteroatoms. The van der Waals surface area contributed by atoms with E-state index in [4.69, 9.17) is 0 Å². The summed E-state index contributed by atoms with van der Waals surface area (Å²) in [5, 5.41) is 8.88. The number of pyridine rings is 1. The number of fused-ring (bicyclic) bond motifs is 1. The number of hydrogen-bond acceptors (Lipinski definition) is 6. The largest absolute Gasteiger partial charge is 0.307 e. The van der Waals surface area contributed by atoms with Gasteiger partial charge in [0.1, 0.15) is 5.82 Å². The second-order valence-corrected chi connectivity index (χ2v) is 10.7. The lowest BCUT2D eigenvalue weighted by Crippen LogP contribution is -2.47. The molecule has 0 spiro atoms. The number of aromatic nitrogens is 3. The van der Waals surface area contributed by atoms with Gasteiger partial charge in [-0.25, -0.2) is 13.4 Å². The number of anilines is 1. The fraction of sp³-hybridized carbons (Fsp3) is 0.240. The molecular formula is C25H26N6O3S. The molecule has 1 N–H and O–H groups in total. The molecule has 4 aromatic rings. The van der Waals surface area contributed by atoms with Crippen LogP contribution in [0, 0.1) is 0 Å². The molecule has 0 saturated carbocycles. The number of hydrogen-bond donors (Lipinski definition) is 1. The number of piperazine rings is 1. The summed E-state index contributed by atoms with van der Waals surface area (Å²) >= 11 is 0. The third-order valence-corrected chi connectivity index (χ3v) is 8.09. The topological polar surface area (TPSA) is 100 Å². The highest BCUT2D eigenvalue weighted by molar-refractivity contribution is 7.89. The van der Waals surface area contributed by atoms with Crippen molar-refractivity contribution >= 4 is 32.5 Å². The Morgan fingerprint density at radius 3 is 2.46 bits per heavy atom. The Labute approximate surface area is 204 Å². The number of rotatable bonds is 5. The Hall–Kier alpha value is -3.60. The van der Waals surface area contributed by atoms with Gasteiger partial charge in [-0.2, -0.15) is 9.40 Å². The van der Waals surface area contributed by atoms with Gasteiger partial charge in [0.2, 0.25) is 10.0 Å². The van der Waals surface area contributed by atoms with Crippen LogP contribution in [0.5, 0.6) is 0 Å². The maximum atomic E-state index is 13.1. The molecule has 1 fully saturated rings. The minimum Gasteiger partial charge on any atom is -0.307 e. The molecule has 5 rings (SSSR count). The van der Waals surface area contributed by atoms with E-state index in [1.54, 1.807) is 35.3 Å². The third-order valence-electron chi connectivity index (χ3n) is 6.20. The van der Waals surface area contributed by atoms with Crippen LogP contribution in [0.2, 0.25) is 0 Å². The molecule has 35 heavy (non-hydrogen) atoms. The highest BCUT2D eigenvalue weighted by atomic mass is 32.2. The molecule has 180 valence electrons. The number of likely N-dealkylation sites (N-methyl/N-ethyl adjacent to an activating group) is 1. The molecule has 3 heterocycles. The highest BCUT2D eigenvalue weighted by Gasteiger charge is 2.28. The van der Waals surface area contributed by atoms with Crippen molar-refractivity contribution < 1.29 is 13.2 Å². The number of benzene rings is 2. The van der Waals surface area contributed by atoms with Gasteiger partial charge in [0.15, 0.2) is 0 Å². The van der Waals surface area contributed by atoms with Crippen LogP contribution in [0.3, 0.4) is 0 Å². The predicted octanol–water partition coefficient (Wildman–Crippen LogP) is 2.82. The fourth-order valence-electron chi connectivity index (χ4n) is 4.12. The number of nitrogens with zero attached hydrogens (tertiary/aromatic N) is 5. The molecule has 1 saturated heterocycles. The van der Waals surface area contributed by atoms with Crippen LogP contribution in [0.15, 0.2) is 72.0 Å². The predicted molar refractivity (Wildman–Crippen MR) is 135 cm³/mol. The summed E-state index contributed by atoms with van der Waals surface area (Å²) in [5.41, 5.74) is 2.26. The summed E-state index contributed by atoms with van der Waals surface area (Å²) in [6.07, 6.45) is 5.44. The van der Waals surface area contributed by atoms with Gasteiger partial charge in [0.25, 0.3) is 5.91 Å². The maximum Gasteiger partial charge on any atom is 0.256 e. The van der Waals surface area contributed by atoms with E-state index in [1.165, 1.54) is 16.4 Å². The first-order valence-electron chi connectivity index (χ1n) is 11.3. The van der Waals surface area contributed by atoms with Crippen molar-refractivity contribution in [2.45, 2.75) is 4.90 Å². The average Bonchev–Trinajstić information content (AvgIpc) is 3.30. The molecule has 0 aliphatic carbocycles. The van der Waals surface area contributed by atoms with E-state index in [0.29, 0.717) is 32.0 Å². The molecule has 1 aliphatic rings. The van der Waals surface area contributed by atoms with Crippen molar-refractivity contribution in [2.75, 3.05) is 38.5 Å². The summed E-state index contributed by atoms with van der Waals surface area (Å²) in [6, 6.07) is 13.9. The van der Waals surface area contributed by atoms with Crippen molar-refractivity contribution in [1.82, 2.24) is 24.0 Å². The molecule has 0 atom stereocenters. The zero-order valence-electron chi connectivity index (χ0n) is 19.5. The zero-order valence-corrected chi connectivity index (χ0v) is 20.4. The summed E-state index contributed by atoms with van der Waals surface area (Å²) in [4.78, 5) is 19.5. The van der Waals surface area contributed by atoms with Crippen LogP contribution in [0.1, 0.15) is 10.4 Å². The van der Waals surface area contributed by atoms with Gasteiger partial charge in [0, 0.05) is 62.1 Å². The highest BCUT2D eigenvalue weighted by Crippen LogP contribution is 2.25. The van der Waals surface area contributed by atoms with Crippen LogP contribution in [-0.4, -0.2) is 71.5 Å². The quantitative estimate of drug-likeness (QED) is 0.462. The van der Waals surface area contributed by atoms with Crippen molar-refractivity contribution in [2.24, 2.45) is 7.05 Å². The second-order valence-electron chi connectivity index (χ2n) is 8.72. The van der Waals surface area contributed by atoms with Crippen molar-refractivity contribution in [3.63, 3.8) is 0 Å². The van der Waals surface area contributed by atoms with Crippen molar-refractivity contribution in [1.29, 1.82) is 0 Å². The van der Waals surface area contributed by atoms with Gasteiger partial charge in [-0.1, -0.05) is 18.2 Å². The number of aryl methyl sites for hydroxylation is 1. The van der Waals surface area contributed by atoms with E-state index in [2.05, 4.69) is 20.3 Å². The zero-order chi connectivity index (χ0) is 24.6. The van der Waals surface area contributed by atoms with Gasteiger partial charge in [-0.3, -0.25) is 9.48 Å². The number of carbonyl (C=O) groups excluding carboxylic acids is 1. The molecule has 1 amide bonds. The molecule has 0 unspecified atom stereocenters. The Bertz CT molecular complexity index is 1510. The Morgan fingerprint density at radius 1 is 0.914 bits per heavy atom. The van der Waals surface area contributed by atoms with Gasteiger partial charge in [0.05, 0.1) is 11.1 Å². The number of carbonyl (C=O) groups is 1. The molecular weight excluding hydrogens is 464 g/mol. The molecule has 2 aromatic carbocycles. The lowest BCUT2D eigenvalue weighted by atomic mass is 10.1. The van der Waals surface area contributed by atoms with E-state index < -0.39 is 15.9 Å². The van der Waals surface area contributed by atoms with Crippen LogP contribution in [0.4, 0.5) is 5.82 Å². The monoisotopic (exact) mass is 490 g/mol. The van der Waals surface area contributed by atoms with E-state index in [-0.39, 0.29) is 10.5 Å².